The first-order chi connectivity index (χ1) is 7.70. The van der Waals surface area contributed by atoms with Crippen LogP contribution >= 0.6 is 24.0 Å². The van der Waals surface area contributed by atoms with Crippen molar-refractivity contribution in [2.75, 3.05) is 7.05 Å². The van der Waals surface area contributed by atoms with E-state index in [1.807, 2.05) is 11.6 Å². The van der Waals surface area contributed by atoms with E-state index in [4.69, 9.17) is 0 Å². The summed E-state index contributed by atoms with van der Waals surface area (Å²) in [6, 6.07) is 0.575. The molecule has 1 fully saturated rings. The number of halogens is 1. The number of guanidine groups is 1. The Labute approximate surface area is 118 Å². The van der Waals surface area contributed by atoms with Crippen molar-refractivity contribution in [2.45, 2.75) is 25.9 Å². The lowest BCUT2D eigenvalue weighted by Gasteiger charge is -2.10. The van der Waals surface area contributed by atoms with Crippen LogP contribution in [0.25, 0.3) is 0 Å². The van der Waals surface area contributed by atoms with Gasteiger partial charge in [0.2, 0.25) is 0 Å². The summed E-state index contributed by atoms with van der Waals surface area (Å²) in [6.07, 6.45) is 2.92. The second-order valence-corrected chi connectivity index (χ2v) is 4.25. The van der Waals surface area contributed by atoms with E-state index >= 15 is 0 Å². The fourth-order valence-electron chi connectivity index (χ4n) is 1.52. The smallest absolute Gasteiger partial charge is 0.191 e. The Morgan fingerprint density at radius 1 is 1.65 bits per heavy atom. The SMILES string of the molecule is CN=C(NCc1nncn1C)NC1CC1C.I. The van der Waals surface area contributed by atoms with Crippen LogP contribution in [-0.2, 0) is 13.6 Å². The first-order valence-electron chi connectivity index (χ1n) is 5.50. The van der Waals surface area contributed by atoms with Crippen molar-refractivity contribution >= 4 is 29.9 Å². The fourth-order valence-corrected chi connectivity index (χ4v) is 1.52. The van der Waals surface area contributed by atoms with Crippen LogP contribution in [0, 0.1) is 5.92 Å². The molecule has 17 heavy (non-hydrogen) atoms. The maximum Gasteiger partial charge on any atom is 0.191 e. The summed E-state index contributed by atoms with van der Waals surface area (Å²) in [5, 5.41) is 14.4. The van der Waals surface area contributed by atoms with Gasteiger partial charge < -0.3 is 15.2 Å². The van der Waals surface area contributed by atoms with E-state index in [9.17, 15) is 0 Å². The Kier molecular flexibility index (Phi) is 5.16. The van der Waals surface area contributed by atoms with Gasteiger partial charge >= 0.3 is 0 Å². The second-order valence-electron chi connectivity index (χ2n) is 4.25. The zero-order valence-corrected chi connectivity index (χ0v) is 12.7. The molecule has 2 N–H and O–H groups in total. The molecule has 1 aromatic rings. The fraction of sp³-hybridized carbons (Fsp3) is 0.700. The van der Waals surface area contributed by atoms with E-state index in [2.05, 4.69) is 32.7 Å². The van der Waals surface area contributed by atoms with Crippen molar-refractivity contribution in [1.82, 2.24) is 25.4 Å². The number of aliphatic imine (C=N–C) groups is 1. The third-order valence-corrected chi connectivity index (χ3v) is 2.87. The van der Waals surface area contributed by atoms with Gasteiger partial charge in [-0.15, -0.1) is 34.2 Å². The number of hydrogen-bond donors (Lipinski definition) is 2. The number of aromatic nitrogens is 3. The van der Waals surface area contributed by atoms with Gasteiger partial charge in [-0.05, 0) is 12.3 Å². The summed E-state index contributed by atoms with van der Waals surface area (Å²) in [6.45, 7) is 2.87. The number of rotatable bonds is 3. The maximum atomic E-state index is 4.17. The van der Waals surface area contributed by atoms with Gasteiger partial charge in [0.05, 0.1) is 6.54 Å². The molecule has 6 nitrogen and oxygen atoms in total. The quantitative estimate of drug-likeness (QED) is 0.474. The van der Waals surface area contributed by atoms with Crippen molar-refractivity contribution in [3.8, 4) is 0 Å². The predicted molar refractivity (Wildman–Crippen MR) is 77.3 cm³/mol. The van der Waals surface area contributed by atoms with E-state index in [0.29, 0.717) is 12.6 Å². The predicted octanol–water partition coefficient (Wildman–Crippen LogP) is 0.506. The summed E-state index contributed by atoms with van der Waals surface area (Å²) >= 11 is 0. The van der Waals surface area contributed by atoms with E-state index in [0.717, 1.165) is 17.7 Å². The highest BCUT2D eigenvalue weighted by molar-refractivity contribution is 14.0. The number of hydrogen-bond acceptors (Lipinski definition) is 3. The van der Waals surface area contributed by atoms with Crippen LogP contribution in [0.15, 0.2) is 11.3 Å². The molecule has 1 saturated carbocycles. The van der Waals surface area contributed by atoms with Crippen LogP contribution < -0.4 is 10.6 Å². The normalized spacial score (nSPS) is 22.9. The van der Waals surface area contributed by atoms with Gasteiger partial charge in [0, 0.05) is 20.1 Å². The molecule has 0 amide bonds. The third-order valence-electron chi connectivity index (χ3n) is 2.87. The van der Waals surface area contributed by atoms with Gasteiger partial charge in [-0.3, -0.25) is 4.99 Å². The third kappa shape index (κ3) is 3.83. The van der Waals surface area contributed by atoms with Crippen LogP contribution in [0.4, 0.5) is 0 Å². The Morgan fingerprint density at radius 2 is 2.35 bits per heavy atom. The van der Waals surface area contributed by atoms with E-state index in [1.54, 1.807) is 13.4 Å². The lowest BCUT2D eigenvalue weighted by Crippen LogP contribution is -2.39. The van der Waals surface area contributed by atoms with Crippen molar-refractivity contribution in [3.63, 3.8) is 0 Å². The molecule has 0 aliphatic heterocycles. The largest absolute Gasteiger partial charge is 0.353 e. The molecule has 1 aromatic heterocycles. The molecule has 2 rings (SSSR count). The molecule has 0 bridgehead atoms. The van der Waals surface area contributed by atoms with Crippen LogP contribution in [0.1, 0.15) is 19.2 Å². The Bertz CT molecular complexity index is 388. The Morgan fingerprint density at radius 3 is 2.82 bits per heavy atom. The molecule has 0 radical (unpaired) electrons. The average molecular weight is 350 g/mol. The number of nitrogens with zero attached hydrogens (tertiary/aromatic N) is 4. The monoisotopic (exact) mass is 350 g/mol. The molecule has 1 aliphatic rings. The van der Waals surface area contributed by atoms with Gasteiger partial charge in [-0.1, -0.05) is 6.92 Å². The molecule has 7 heteroatoms. The van der Waals surface area contributed by atoms with Crippen molar-refractivity contribution in [3.05, 3.63) is 12.2 Å². The van der Waals surface area contributed by atoms with Gasteiger partial charge in [-0.2, -0.15) is 0 Å². The summed E-state index contributed by atoms with van der Waals surface area (Å²) in [7, 11) is 3.70. The zero-order chi connectivity index (χ0) is 11.5. The van der Waals surface area contributed by atoms with Crippen molar-refractivity contribution in [1.29, 1.82) is 0 Å². The highest BCUT2D eigenvalue weighted by Gasteiger charge is 2.33. The molecule has 1 aliphatic carbocycles. The maximum absolute atomic E-state index is 4.17. The number of nitrogens with one attached hydrogen (secondary N) is 2. The van der Waals surface area contributed by atoms with Gasteiger partial charge in [0.15, 0.2) is 11.8 Å². The molecule has 0 aromatic carbocycles. The molecule has 1 heterocycles. The second kappa shape index (κ2) is 6.18. The highest BCUT2D eigenvalue weighted by atomic mass is 127. The summed E-state index contributed by atoms with van der Waals surface area (Å²) in [5.74, 6) is 2.48. The number of aryl methyl sites for hydroxylation is 1. The molecule has 2 atom stereocenters. The minimum Gasteiger partial charge on any atom is -0.353 e. The zero-order valence-electron chi connectivity index (χ0n) is 10.3. The molecule has 2 unspecified atom stereocenters. The first kappa shape index (κ1) is 14.2. The van der Waals surface area contributed by atoms with Gasteiger partial charge in [0.25, 0.3) is 0 Å². The topological polar surface area (TPSA) is 67.1 Å². The summed E-state index contributed by atoms with van der Waals surface area (Å²) in [4.78, 5) is 4.17. The van der Waals surface area contributed by atoms with Crippen molar-refractivity contribution in [2.24, 2.45) is 18.0 Å². The van der Waals surface area contributed by atoms with Gasteiger partial charge in [0.1, 0.15) is 6.33 Å². The first-order valence-corrected chi connectivity index (χ1v) is 5.50. The molecule has 0 saturated heterocycles. The Balaban J connectivity index is 0.00000144. The van der Waals surface area contributed by atoms with E-state index < -0.39 is 0 Å². The molecular formula is C10H19IN6. The summed E-state index contributed by atoms with van der Waals surface area (Å²) in [5.41, 5.74) is 0. The minimum absolute atomic E-state index is 0. The van der Waals surface area contributed by atoms with Crippen LogP contribution in [-0.4, -0.2) is 33.8 Å². The van der Waals surface area contributed by atoms with Crippen molar-refractivity contribution < 1.29 is 0 Å². The highest BCUT2D eigenvalue weighted by Crippen LogP contribution is 2.28. The molecular weight excluding hydrogens is 331 g/mol. The van der Waals surface area contributed by atoms with Crippen LogP contribution in [0.2, 0.25) is 0 Å². The lowest BCUT2D eigenvalue weighted by molar-refractivity contribution is 0.714. The van der Waals surface area contributed by atoms with Crippen LogP contribution in [0.3, 0.4) is 0 Å². The van der Waals surface area contributed by atoms with Crippen LogP contribution in [0.5, 0.6) is 0 Å². The molecule has 0 spiro atoms. The van der Waals surface area contributed by atoms with E-state index in [-0.39, 0.29) is 24.0 Å². The minimum atomic E-state index is 0. The molecule has 96 valence electrons. The Hall–Kier alpha value is -0.860. The van der Waals surface area contributed by atoms with Gasteiger partial charge in [-0.25, -0.2) is 0 Å². The average Bonchev–Trinajstić information content (AvgIpc) is 2.79. The summed E-state index contributed by atoms with van der Waals surface area (Å²) < 4.78 is 1.89. The standard InChI is InChI=1S/C10H18N6.HI/c1-7-4-8(7)14-10(11-2)12-5-9-15-13-6-16(9)3;/h6-8H,4-5H2,1-3H3,(H2,11,12,14);1H. The lowest BCUT2D eigenvalue weighted by atomic mass is 10.5. The van der Waals surface area contributed by atoms with E-state index in [1.165, 1.54) is 6.42 Å².